The molecule has 7 heteroatoms. The van der Waals surface area contributed by atoms with E-state index < -0.39 is 0 Å². The van der Waals surface area contributed by atoms with Gasteiger partial charge in [-0.2, -0.15) is 0 Å². The van der Waals surface area contributed by atoms with E-state index in [0.717, 1.165) is 17.0 Å². The third-order valence-electron chi connectivity index (χ3n) is 3.28. The molecule has 130 valence electrons. The first-order valence-electron chi connectivity index (χ1n) is 7.43. The molecule has 0 saturated heterocycles. The molecule has 0 atom stereocenters. The van der Waals surface area contributed by atoms with E-state index in [0.29, 0.717) is 15.9 Å². The second-order valence-corrected chi connectivity index (χ2v) is 6.03. The predicted octanol–water partition coefficient (Wildman–Crippen LogP) is 4.25. The third kappa shape index (κ3) is 5.34. The summed E-state index contributed by atoms with van der Waals surface area (Å²) in [6, 6.07) is 10.8. The van der Waals surface area contributed by atoms with Crippen LogP contribution in [0.2, 0.25) is 5.15 Å². The topological polar surface area (TPSA) is 63.6 Å². The van der Waals surface area contributed by atoms with Crippen LogP contribution in [-0.2, 0) is 0 Å². The van der Waals surface area contributed by atoms with Crippen molar-refractivity contribution in [2.75, 3.05) is 13.4 Å². The van der Waals surface area contributed by atoms with Crippen molar-refractivity contribution >= 4 is 40.1 Å². The van der Waals surface area contributed by atoms with Crippen molar-refractivity contribution in [2.45, 2.75) is 6.92 Å². The molecule has 2 rings (SSSR count). The van der Waals surface area contributed by atoms with E-state index in [4.69, 9.17) is 16.3 Å². The molecule has 5 nitrogen and oxygen atoms in total. The molecule has 25 heavy (non-hydrogen) atoms. The highest BCUT2D eigenvalue weighted by Gasteiger charge is 2.10. The summed E-state index contributed by atoms with van der Waals surface area (Å²) < 4.78 is 5.16. The van der Waals surface area contributed by atoms with Gasteiger partial charge in [0, 0.05) is 11.8 Å². The van der Waals surface area contributed by atoms with Crippen molar-refractivity contribution < 1.29 is 9.53 Å². The highest BCUT2D eigenvalue weighted by molar-refractivity contribution is 8.13. The molecule has 0 fully saturated rings. The molecule has 1 amide bonds. The van der Waals surface area contributed by atoms with Crippen LogP contribution in [0.1, 0.15) is 22.8 Å². The average molecular weight is 376 g/mol. The van der Waals surface area contributed by atoms with Crippen molar-refractivity contribution in [1.29, 1.82) is 0 Å². The number of thioether (sulfide) groups is 1. The normalized spacial score (nSPS) is 12.0. The number of pyridine rings is 1. The highest BCUT2D eigenvalue weighted by atomic mass is 35.5. The number of nitrogens with one attached hydrogen (secondary N) is 1. The number of aromatic nitrogens is 1. The van der Waals surface area contributed by atoms with Crippen LogP contribution in [0.15, 0.2) is 53.7 Å². The first kappa shape index (κ1) is 19.0. The summed E-state index contributed by atoms with van der Waals surface area (Å²) in [4.78, 5) is 20.7. The van der Waals surface area contributed by atoms with E-state index in [2.05, 4.69) is 15.3 Å². The van der Waals surface area contributed by atoms with Gasteiger partial charge in [-0.1, -0.05) is 29.4 Å². The van der Waals surface area contributed by atoms with Gasteiger partial charge >= 0.3 is 0 Å². The minimum atomic E-state index is -0.289. The standard InChI is InChI=1S/C18H18ClN3O2S/c1-4-15(12-5-8-14(24-2)9-6-12)21-18(25-3)22-17(23)13-7-10-16(19)20-11-13/h4-11H,1-3H3,(H,21,22,23)/b15-4+. The van der Waals surface area contributed by atoms with Crippen LogP contribution in [0.5, 0.6) is 5.75 Å². The number of carbonyl (C=O) groups is 1. The van der Waals surface area contributed by atoms with Gasteiger partial charge in [0.2, 0.25) is 0 Å². The Balaban J connectivity index is 2.18. The minimum Gasteiger partial charge on any atom is -0.497 e. The second kappa shape index (κ2) is 9.25. The molecule has 0 spiro atoms. The van der Waals surface area contributed by atoms with Gasteiger partial charge in [0.1, 0.15) is 10.9 Å². The summed E-state index contributed by atoms with van der Waals surface area (Å²) in [7, 11) is 1.62. The molecule has 1 N–H and O–H groups in total. The van der Waals surface area contributed by atoms with E-state index in [-0.39, 0.29) is 5.91 Å². The van der Waals surface area contributed by atoms with Crippen molar-refractivity contribution in [3.05, 3.63) is 65.0 Å². The zero-order valence-electron chi connectivity index (χ0n) is 14.1. The monoisotopic (exact) mass is 375 g/mol. The number of amides is 1. The SMILES string of the molecule is C/C=C(/N=C(NC(=O)c1ccc(Cl)nc1)SC)c1ccc(OC)cc1. The molecule has 0 saturated carbocycles. The number of rotatable bonds is 4. The van der Waals surface area contributed by atoms with Gasteiger partial charge in [0.05, 0.1) is 18.4 Å². The second-order valence-electron chi connectivity index (χ2n) is 4.85. The number of benzene rings is 1. The zero-order valence-corrected chi connectivity index (χ0v) is 15.7. The minimum absolute atomic E-state index is 0.289. The van der Waals surface area contributed by atoms with Gasteiger partial charge in [-0.3, -0.25) is 4.79 Å². The van der Waals surface area contributed by atoms with Crippen LogP contribution in [-0.4, -0.2) is 29.4 Å². The molecule has 0 aliphatic carbocycles. The lowest BCUT2D eigenvalue weighted by molar-refractivity contribution is 0.0977. The summed E-state index contributed by atoms with van der Waals surface area (Å²) in [6.07, 6.45) is 5.16. The molecule has 1 heterocycles. The van der Waals surface area contributed by atoms with E-state index in [1.165, 1.54) is 18.0 Å². The summed E-state index contributed by atoms with van der Waals surface area (Å²) >= 11 is 7.09. The largest absolute Gasteiger partial charge is 0.497 e. The molecular formula is C18H18ClN3O2S. The van der Waals surface area contributed by atoms with Crippen molar-refractivity contribution in [2.24, 2.45) is 4.99 Å². The molecule has 0 aliphatic rings. The molecule has 0 bridgehead atoms. The number of nitrogens with zero attached hydrogens (tertiary/aromatic N) is 2. The Bertz CT molecular complexity index is 787. The van der Waals surface area contributed by atoms with E-state index >= 15 is 0 Å². The quantitative estimate of drug-likeness (QED) is 0.493. The highest BCUT2D eigenvalue weighted by Crippen LogP contribution is 2.20. The number of aliphatic imine (C=N–C) groups is 1. The smallest absolute Gasteiger partial charge is 0.258 e. The average Bonchev–Trinajstić information content (AvgIpc) is 2.65. The fourth-order valence-corrected chi connectivity index (χ4v) is 2.47. The number of methoxy groups -OCH3 is 1. The van der Waals surface area contributed by atoms with Crippen molar-refractivity contribution in [3.63, 3.8) is 0 Å². The predicted molar refractivity (Wildman–Crippen MR) is 104 cm³/mol. The molecule has 1 aromatic carbocycles. The number of hydrogen-bond donors (Lipinski definition) is 1. The lowest BCUT2D eigenvalue weighted by atomic mass is 10.1. The maximum atomic E-state index is 12.3. The Morgan fingerprint density at radius 2 is 1.92 bits per heavy atom. The van der Waals surface area contributed by atoms with E-state index in [9.17, 15) is 4.79 Å². The van der Waals surface area contributed by atoms with Gasteiger partial charge in [-0.05, 0) is 49.6 Å². The molecule has 0 radical (unpaired) electrons. The summed E-state index contributed by atoms with van der Waals surface area (Å²) in [5.74, 6) is 0.485. The van der Waals surface area contributed by atoms with Crippen LogP contribution in [0, 0.1) is 0 Å². The Kier molecular flexibility index (Phi) is 7.03. The zero-order chi connectivity index (χ0) is 18.2. The summed E-state index contributed by atoms with van der Waals surface area (Å²) in [5.41, 5.74) is 2.09. The molecule has 1 aromatic heterocycles. The lowest BCUT2D eigenvalue weighted by Crippen LogP contribution is -2.28. The van der Waals surface area contributed by atoms with Crippen LogP contribution in [0.3, 0.4) is 0 Å². The van der Waals surface area contributed by atoms with Gasteiger partial charge in [-0.15, -0.1) is 0 Å². The van der Waals surface area contributed by atoms with Gasteiger partial charge in [-0.25, -0.2) is 9.98 Å². The number of hydrogen-bond acceptors (Lipinski definition) is 5. The van der Waals surface area contributed by atoms with Gasteiger partial charge in [0.15, 0.2) is 5.17 Å². The Morgan fingerprint density at radius 1 is 1.24 bits per heavy atom. The summed E-state index contributed by atoms with van der Waals surface area (Å²) in [6.45, 7) is 1.89. The van der Waals surface area contributed by atoms with E-state index in [1.54, 1.807) is 19.2 Å². The maximum absolute atomic E-state index is 12.3. The molecule has 0 aliphatic heterocycles. The Morgan fingerprint density at radius 3 is 2.44 bits per heavy atom. The Labute approximate surface area is 156 Å². The maximum Gasteiger partial charge on any atom is 0.258 e. The molecule has 0 unspecified atom stereocenters. The number of amidine groups is 1. The van der Waals surface area contributed by atoms with Crippen LogP contribution in [0.25, 0.3) is 5.70 Å². The van der Waals surface area contributed by atoms with Crippen molar-refractivity contribution in [3.8, 4) is 5.75 Å². The van der Waals surface area contributed by atoms with Crippen LogP contribution in [0.4, 0.5) is 0 Å². The van der Waals surface area contributed by atoms with Gasteiger partial charge < -0.3 is 10.1 Å². The lowest BCUT2D eigenvalue weighted by Gasteiger charge is -2.09. The fourth-order valence-electron chi connectivity index (χ4n) is 1.97. The Hall–Kier alpha value is -2.31. The summed E-state index contributed by atoms with van der Waals surface area (Å²) in [5, 5.41) is 3.61. The fraction of sp³-hybridized carbons (Fsp3) is 0.167. The molecular weight excluding hydrogens is 358 g/mol. The first-order chi connectivity index (χ1) is 12.1. The number of ether oxygens (including phenoxy) is 1. The molecule has 2 aromatic rings. The number of halogens is 1. The van der Waals surface area contributed by atoms with Crippen LogP contribution >= 0.6 is 23.4 Å². The van der Waals surface area contributed by atoms with Gasteiger partial charge in [0.25, 0.3) is 5.91 Å². The first-order valence-corrected chi connectivity index (χ1v) is 9.04. The van der Waals surface area contributed by atoms with Crippen LogP contribution < -0.4 is 10.1 Å². The van der Waals surface area contributed by atoms with E-state index in [1.807, 2.05) is 43.5 Å². The number of allylic oxidation sites excluding steroid dienone is 1. The third-order valence-corrected chi connectivity index (χ3v) is 4.09. The van der Waals surface area contributed by atoms with Crippen molar-refractivity contribution in [1.82, 2.24) is 10.3 Å². The number of carbonyl (C=O) groups excluding carboxylic acids is 1.